The maximum atomic E-state index is 5.80. The van der Waals surface area contributed by atoms with E-state index in [1.165, 1.54) is 11.1 Å². The first-order valence-electron chi connectivity index (χ1n) is 10.1. The molecule has 6 heteroatoms. The third kappa shape index (κ3) is 5.62. The van der Waals surface area contributed by atoms with E-state index in [4.69, 9.17) is 9.47 Å². The Labute approximate surface area is 167 Å². The summed E-state index contributed by atoms with van der Waals surface area (Å²) in [6.45, 7) is 5.07. The van der Waals surface area contributed by atoms with E-state index in [1.54, 1.807) is 13.2 Å². The maximum Gasteiger partial charge on any atom is 0.218 e. The first-order chi connectivity index (χ1) is 13.8. The molecule has 0 bridgehead atoms. The zero-order chi connectivity index (χ0) is 19.6. The molecule has 2 aromatic rings. The summed E-state index contributed by atoms with van der Waals surface area (Å²) in [7, 11) is 1.78. The summed E-state index contributed by atoms with van der Waals surface area (Å²) in [6, 6.07) is 10.4. The lowest BCUT2D eigenvalue weighted by Crippen LogP contribution is -2.38. The molecule has 0 saturated heterocycles. The van der Waals surface area contributed by atoms with Gasteiger partial charge in [-0.3, -0.25) is 4.99 Å². The molecule has 0 unspecified atom stereocenters. The molecule has 150 valence electrons. The van der Waals surface area contributed by atoms with Crippen molar-refractivity contribution in [3.8, 4) is 11.6 Å². The molecule has 1 aromatic carbocycles. The molecule has 0 spiro atoms. The highest BCUT2D eigenvalue weighted by molar-refractivity contribution is 5.79. The van der Waals surface area contributed by atoms with Crippen molar-refractivity contribution in [1.82, 2.24) is 15.6 Å². The van der Waals surface area contributed by atoms with Gasteiger partial charge in [0.25, 0.3) is 0 Å². The Morgan fingerprint density at radius 2 is 2.21 bits per heavy atom. The van der Waals surface area contributed by atoms with Gasteiger partial charge in [0.05, 0.1) is 13.2 Å². The topological polar surface area (TPSA) is 67.8 Å². The molecule has 0 aliphatic carbocycles. The van der Waals surface area contributed by atoms with Gasteiger partial charge in [-0.05, 0) is 36.1 Å². The van der Waals surface area contributed by atoms with E-state index in [-0.39, 0.29) is 0 Å². The summed E-state index contributed by atoms with van der Waals surface area (Å²) in [5.74, 6) is 2.50. The van der Waals surface area contributed by atoms with Crippen LogP contribution < -0.4 is 20.1 Å². The number of hydrogen-bond donors (Lipinski definition) is 2. The zero-order valence-electron chi connectivity index (χ0n) is 16.8. The number of guanidine groups is 1. The number of rotatable bonds is 9. The van der Waals surface area contributed by atoms with Gasteiger partial charge in [-0.2, -0.15) is 0 Å². The average molecular weight is 383 g/mol. The van der Waals surface area contributed by atoms with Crippen molar-refractivity contribution in [2.24, 2.45) is 4.99 Å². The predicted octanol–water partition coefficient (Wildman–Crippen LogP) is 3.10. The third-order valence-electron chi connectivity index (χ3n) is 4.72. The summed E-state index contributed by atoms with van der Waals surface area (Å²) in [4.78, 5) is 8.66. The molecule has 1 aliphatic rings. The molecule has 1 aromatic heterocycles. The maximum absolute atomic E-state index is 5.80. The van der Waals surface area contributed by atoms with Gasteiger partial charge >= 0.3 is 0 Å². The summed E-state index contributed by atoms with van der Waals surface area (Å²) in [5.41, 5.74) is 3.65. The van der Waals surface area contributed by atoms with Crippen LogP contribution in [-0.4, -0.2) is 37.7 Å². The molecule has 0 saturated carbocycles. The molecule has 0 atom stereocenters. The minimum Gasteiger partial charge on any atom is -0.493 e. The summed E-state index contributed by atoms with van der Waals surface area (Å²) in [5, 5.41) is 6.72. The number of nitrogens with one attached hydrogen (secondary N) is 2. The van der Waals surface area contributed by atoms with E-state index in [9.17, 15) is 0 Å². The van der Waals surface area contributed by atoms with Gasteiger partial charge in [0.1, 0.15) is 5.75 Å². The highest BCUT2D eigenvalue weighted by Crippen LogP contribution is 2.25. The van der Waals surface area contributed by atoms with Crippen LogP contribution in [0.3, 0.4) is 0 Å². The van der Waals surface area contributed by atoms with Gasteiger partial charge in [0.2, 0.25) is 5.88 Å². The number of unbranched alkanes of at least 4 members (excludes halogenated alkanes) is 1. The number of ether oxygens (including phenoxy) is 2. The SMILES string of the molecule is CCCCOc1ncccc1CNC(=NC)NCCc1ccc2c(c1)CCO2. The number of fused-ring (bicyclic) bond motifs is 1. The Bertz CT molecular complexity index is 792. The van der Waals surface area contributed by atoms with Gasteiger partial charge in [-0.25, -0.2) is 4.98 Å². The Morgan fingerprint density at radius 1 is 1.29 bits per heavy atom. The van der Waals surface area contributed by atoms with E-state index in [0.717, 1.165) is 56.1 Å². The molecule has 2 N–H and O–H groups in total. The normalized spacial score (nSPS) is 13.0. The van der Waals surface area contributed by atoms with E-state index in [2.05, 4.69) is 45.7 Å². The largest absolute Gasteiger partial charge is 0.493 e. The average Bonchev–Trinajstić information content (AvgIpc) is 3.19. The highest BCUT2D eigenvalue weighted by Gasteiger charge is 2.12. The fourth-order valence-electron chi connectivity index (χ4n) is 3.12. The Hall–Kier alpha value is -2.76. The molecule has 6 nitrogen and oxygen atoms in total. The number of aliphatic imine (C=N–C) groups is 1. The van der Waals surface area contributed by atoms with Crippen LogP contribution in [-0.2, 0) is 19.4 Å². The molecular weight excluding hydrogens is 352 g/mol. The van der Waals surface area contributed by atoms with Crippen molar-refractivity contribution >= 4 is 5.96 Å². The third-order valence-corrected chi connectivity index (χ3v) is 4.72. The van der Waals surface area contributed by atoms with E-state index in [1.807, 2.05) is 12.1 Å². The quantitative estimate of drug-likeness (QED) is 0.396. The molecule has 2 heterocycles. The van der Waals surface area contributed by atoms with Crippen LogP contribution >= 0.6 is 0 Å². The van der Waals surface area contributed by atoms with E-state index in [0.29, 0.717) is 19.0 Å². The Balaban J connectivity index is 1.46. The molecule has 1 aliphatic heterocycles. The van der Waals surface area contributed by atoms with Gasteiger partial charge in [-0.1, -0.05) is 31.5 Å². The Kier molecular flexibility index (Phi) is 7.53. The van der Waals surface area contributed by atoms with Crippen LogP contribution in [0.25, 0.3) is 0 Å². The van der Waals surface area contributed by atoms with Crippen LogP contribution in [0.5, 0.6) is 11.6 Å². The summed E-state index contributed by atoms with van der Waals surface area (Å²) < 4.78 is 11.4. The van der Waals surface area contributed by atoms with Gasteiger partial charge in [-0.15, -0.1) is 0 Å². The highest BCUT2D eigenvalue weighted by atomic mass is 16.5. The fourth-order valence-corrected chi connectivity index (χ4v) is 3.12. The molecular formula is C22H30N4O2. The lowest BCUT2D eigenvalue weighted by atomic mass is 10.1. The second-order valence-electron chi connectivity index (χ2n) is 6.81. The summed E-state index contributed by atoms with van der Waals surface area (Å²) in [6.07, 6.45) is 5.84. The van der Waals surface area contributed by atoms with Crippen LogP contribution in [0, 0.1) is 0 Å². The van der Waals surface area contributed by atoms with Crippen molar-refractivity contribution < 1.29 is 9.47 Å². The van der Waals surface area contributed by atoms with Gasteiger partial charge in [0.15, 0.2) is 5.96 Å². The number of pyridine rings is 1. The van der Waals surface area contributed by atoms with E-state index >= 15 is 0 Å². The van der Waals surface area contributed by atoms with Gasteiger partial charge in [0, 0.05) is 38.3 Å². The smallest absolute Gasteiger partial charge is 0.218 e. The number of hydrogen-bond acceptors (Lipinski definition) is 4. The van der Waals surface area contributed by atoms with Crippen LogP contribution in [0.2, 0.25) is 0 Å². The minimum absolute atomic E-state index is 0.616. The zero-order valence-corrected chi connectivity index (χ0v) is 16.8. The Morgan fingerprint density at radius 3 is 3.07 bits per heavy atom. The molecule has 28 heavy (non-hydrogen) atoms. The second kappa shape index (κ2) is 10.5. The molecule has 0 fully saturated rings. The van der Waals surface area contributed by atoms with Crippen molar-refractivity contribution in [3.63, 3.8) is 0 Å². The first-order valence-corrected chi connectivity index (χ1v) is 10.1. The van der Waals surface area contributed by atoms with Crippen LogP contribution in [0.4, 0.5) is 0 Å². The second-order valence-corrected chi connectivity index (χ2v) is 6.81. The van der Waals surface area contributed by atoms with Crippen LogP contribution in [0.15, 0.2) is 41.5 Å². The monoisotopic (exact) mass is 382 g/mol. The first kappa shape index (κ1) is 20.0. The molecule has 0 radical (unpaired) electrons. The molecule has 0 amide bonds. The number of benzene rings is 1. The predicted molar refractivity (Wildman–Crippen MR) is 112 cm³/mol. The van der Waals surface area contributed by atoms with Crippen molar-refractivity contribution in [1.29, 1.82) is 0 Å². The van der Waals surface area contributed by atoms with Crippen molar-refractivity contribution in [2.45, 2.75) is 39.2 Å². The fraction of sp³-hybridized carbons (Fsp3) is 0.455. The number of aromatic nitrogens is 1. The number of nitrogens with zero attached hydrogens (tertiary/aromatic N) is 2. The van der Waals surface area contributed by atoms with Crippen LogP contribution in [0.1, 0.15) is 36.5 Å². The molecule has 3 rings (SSSR count). The van der Waals surface area contributed by atoms with Crippen molar-refractivity contribution in [2.75, 3.05) is 26.8 Å². The standard InChI is InChI=1S/C22H30N4O2/c1-3-4-13-28-21-19(6-5-11-24-21)16-26-22(23-2)25-12-9-17-7-8-20-18(15-17)10-14-27-20/h5-8,11,15H,3-4,9-10,12-14,16H2,1-2H3,(H2,23,25,26). The lowest BCUT2D eigenvalue weighted by molar-refractivity contribution is 0.294. The van der Waals surface area contributed by atoms with E-state index < -0.39 is 0 Å². The lowest BCUT2D eigenvalue weighted by Gasteiger charge is -2.14. The van der Waals surface area contributed by atoms with Gasteiger partial charge < -0.3 is 20.1 Å². The van der Waals surface area contributed by atoms with Crippen molar-refractivity contribution in [3.05, 3.63) is 53.2 Å². The minimum atomic E-state index is 0.616. The summed E-state index contributed by atoms with van der Waals surface area (Å²) >= 11 is 0.